The summed E-state index contributed by atoms with van der Waals surface area (Å²) in [6.45, 7) is 19.9. The number of fused-ring (bicyclic) bond motifs is 3. The van der Waals surface area contributed by atoms with Crippen molar-refractivity contribution >= 4 is 21.8 Å². The van der Waals surface area contributed by atoms with Crippen LogP contribution in [-0.4, -0.2) is 19.3 Å². The van der Waals surface area contributed by atoms with E-state index < -0.39 is 0 Å². The Morgan fingerprint density at radius 1 is 0.788 bits per heavy atom. The number of benzene rings is 4. The third-order valence-electron chi connectivity index (χ3n) is 9.79. The summed E-state index contributed by atoms with van der Waals surface area (Å²) >= 11 is 0. The van der Waals surface area contributed by atoms with Gasteiger partial charge in [-0.15, -0.1) is 41.3 Å². The van der Waals surface area contributed by atoms with E-state index in [1.165, 1.54) is 44.6 Å². The molecular weight excluding hydrogens is 731 g/mol. The Morgan fingerprint density at radius 3 is 2.25 bits per heavy atom. The topological polar surface area (TPSA) is 44.9 Å². The fraction of sp³-hybridized carbons (Fsp3) is 0.304. The molecule has 0 saturated heterocycles. The van der Waals surface area contributed by atoms with E-state index in [2.05, 4.69) is 150 Å². The first kappa shape index (κ1) is 37.3. The standard InChI is InChI=1S/C46H48N4O.Pd/c1-10-13-34-18-19-47-44(23-34)49-41-15-12-11-14-39(41)40-17-16-37(27-42(40)49)51-38-25-35(29(4)5)24-36(26-38)50-43(20-28(2)3)46(33(9)48-50)45-31(7)21-30(6)22-32(45)8;/h11-12,14-19,21-25,28-29H,10,13,20H2,1-9H3;/q-2;+2. The molecule has 0 saturated carbocycles. The molecule has 0 bridgehead atoms. The second kappa shape index (κ2) is 15.2. The van der Waals surface area contributed by atoms with E-state index in [0.717, 1.165) is 58.3 Å². The molecule has 0 aliphatic rings. The van der Waals surface area contributed by atoms with Gasteiger partial charge in [-0.25, -0.2) is 4.98 Å². The summed E-state index contributed by atoms with van der Waals surface area (Å²) in [5.41, 5.74) is 13.9. The van der Waals surface area contributed by atoms with E-state index in [1.54, 1.807) is 0 Å². The Hall–Kier alpha value is -4.50. The molecule has 0 amide bonds. The molecular formula is C46H48N4OPd. The molecule has 7 aromatic rings. The van der Waals surface area contributed by atoms with Crippen LogP contribution in [0, 0.1) is 45.7 Å². The van der Waals surface area contributed by atoms with Crippen molar-refractivity contribution in [3.8, 4) is 34.1 Å². The van der Waals surface area contributed by atoms with Gasteiger partial charge in [-0.2, -0.15) is 11.2 Å². The Bertz CT molecular complexity index is 2370. The first-order valence-corrected chi connectivity index (χ1v) is 18.3. The summed E-state index contributed by atoms with van der Waals surface area (Å²) in [5, 5.41) is 7.48. The minimum Gasteiger partial charge on any atom is -0.509 e. The van der Waals surface area contributed by atoms with E-state index in [4.69, 9.17) is 14.8 Å². The first-order chi connectivity index (χ1) is 24.5. The van der Waals surface area contributed by atoms with Gasteiger partial charge in [0.15, 0.2) is 0 Å². The van der Waals surface area contributed by atoms with Crippen molar-refractivity contribution in [1.29, 1.82) is 0 Å². The van der Waals surface area contributed by atoms with Gasteiger partial charge in [0.25, 0.3) is 0 Å². The number of rotatable bonds is 10. The minimum atomic E-state index is 0. The molecule has 0 N–H and O–H groups in total. The smallest absolute Gasteiger partial charge is 0.509 e. The number of nitrogens with zero attached hydrogens (tertiary/aromatic N) is 4. The van der Waals surface area contributed by atoms with Crippen LogP contribution in [0.2, 0.25) is 0 Å². The van der Waals surface area contributed by atoms with E-state index in [-0.39, 0.29) is 26.3 Å². The van der Waals surface area contributed by atoms with Gasteiger partial charge in [0.2, 0.25) is 0 Å². The number of hydrogen-bond acceptors (Lipinski definition) is 3. The maximum Gasteiger partial charge on any atom is 2.00 e. The molecule has 52 heavy (non-hydrogen) atoms. The largest absolute Gasteiger partial charge is 2.00 e. The van der Waals surface area contributed by atoms with E-state index >= 15 is 0 Å². The Kier molecular flexibility index (Phi) is 10.9. The molecule has 0 atom stereocenters. The molecule has 0 unspecified atom stereocenters. The van der Waals surface area contributed by atoms with Gasteiger partial charge < -0.3 is 9.30 Å². The second-order valence-electron chi connectivity index (χ2n) is 14.8. The van der Waals surface area contributed by atoms with Crippen molar-refractivity contribution in [2.24, 2.45) is 5.92 Å². The predicted octanol–water partition coefficient (Wildman–Crippen LogP) is 11.9. The number of pyridine rings is 1. The number of aryl methyl sites for hydroxylation is 5. The SMILES string of the molecule is CCCc1ccnc(-n2c3[c-]c(Oc4[c-]c(-n5nc(C)c(-c6c(C)cc(C)cc6C)c5CC(C)C)cc(C(C)C)c4)ccc3c3ccccc32)c1.[Pd+2]. The van der Waals surface area contributed by atoms with Gasteiger partial charge in [-0.3, -0.25) is 4.68 Å². The summed E-state index contributed by atoms with van der Waals surface area (Å²) in [5.74, 6) is 2.88. The van der Waals surface area contributed by atoms with Crippen LogP contribution in [0.1, 0.15) is 86.2 Å². The summed E-state index contributed by atoms with van der Waals surface area (Å²) in [6, 6.07) is 33.1. The molecule has 6 heteroatoms. The summed E-state index contributed by atoms with van der Waals surface area (Å²) in [4.78, 5) is 4.81. The number of para-hydroxylation sites is 1. The maximum absolute atomic E-state index is 6.70. The summed E-state index contributed by atoms with van der Waals surface area (Å²) in [7, 11) is 0. The van der Waals surface area contributed by atoms with Crippen LogP contribution in [0.4, 0.5) is 0 Å². The zero-order valence-corrected chi connectivity index (χ0v) is 33.3. The minimum absolute atomic E-state index is 0. The molecule has 0 aliphatic heterocycles. The van der Waals surface area contributed by atoms with Crippen molar-refractivity contribution in [3.05, 3.63) is 130 Å². The number of aromatic nitrogens is 4. The van der Waals surface area contributed by atoms with Crippen LogP contribution < -0.4 is 4.74 Å². The van der Waals surface area contributed by atoms with Gasteiger partial charge in [-0.05, 0) is 104 Å². The quantitative estimate of drug-likeness (QED) is 0.103. The predicted molar refractivity (Wildman–Crippen MR) is 211 cm³/mol. The molecule has 0 spiro atoms. The van der Waals surface area contributed by atoms with Crippen molar-refractivity contribution in [3.63, 3.8) is 0 Å². The molecule has 268 valence electrons. The zero-order valence-electron chi connectivity index (χ0n) is 31.8. The second-order valence-corrected chi connectivity index (χ2v) is 14.8. The van der Waals surface area contributed by atoms with Gasteiger partial charge in [0.05, 0.1) is 11.4 Å². The molecule has 4 aromatic carbocycles. The van der Waals surface area contributed by atoms with E-state index in [1.807, 2.05) is 12.3 Å². The fourth-order valence-corrected chi connectivity index (χ4v) is 7.62. The molecule has 5 nitrogen and oxygen atoms in total. The Labute approximate surface area is 322 Å². The van der Waals surface area contributed by atoms with Gasteiger partial charge >= 0.3 is 20.4 Å². The average molecular weight is 779 g/mol. The van der Waals surface area contributed by atoms with Crippen LogP contribution >= 0.6 is 0 Å². The molecule has 7 rings (SSSR count). The third kappa shape index (κ3) is 7.12. The third-order valence-corrected chi connectivity index (χ3v) is 9.79. The molecule has 0 fully saturated rings. The molecule has 0 aliphatic carbocycles. The van der Waals surface area contributed by atoms with Crippen molar-refractivity contribution in [2.45, 2.75) is 87.5 Å². The Balaban J connectivity index is 0.00000464. The van der Waals surface area contributed by atoms with Crippen LogP contribution in [0.25, 0.3) is 44.4 Å². The maximum atomic E-state index is 6.70. The van der Waals surface area contributed by atoms with Crippen LogP contribution in [0.5, 0.6) is 11.5 Å². The zero-order chi connectivity index (χ0) is 36.0. The average Bonchev–Trinajstić information content (AvgIpc) is 3.58. The summed E-state index contributed by atoms with van der Waals surface area (Å²) < 4.78 is 11.0. The van der Waals surface area contributed by atoms with Gasteiger partial charge in [0.1, 0.15) is 5.82 Å². The van der Waals surface area contributed by atoms with Crippen molar-refractivity contribution in [2.75, 3.05) is 0 Å². The van der Waals surface area contributed by atoms with E-state index in [0.29, 0.717) is 17.4 Å². The van der Waals surface area contributed by atoms with Crippen molar-refractivity contribution < 1.29 is 25.2 Å². The van der Waals surface area contributed by atoms with E-state index in [9.17, 15) is 0 Å². The number of ether oxygens (including phenoxy) is 1. The van der Waals surface area contributed by atoms with Crippen LogP contribution in [0.15, 0.2) is 79.0 Å². The van der Waals surface area contributed by atoms with Crippen molar-refractivity contribution in [1.82, 2.24) is 19.3 Å². The normalized spacial score (nSPS) is 11.6. The molecule has 3 heterocycles. The molecule has 3 aromatic heterocycles. The monoisotopic (exact) mass is 778 g/mol. The van der Waals surface area contributed by atoms with Crippen LogP contribution in [-0.2, 0) is 33.3 Å². The molecule has 0 radical (unpaired) electrons. The Morgan fingerprint density at radius 2 is 1.54 bits per heavy atom. The number of hydrogen-bond donors (Lipinski definition) is 0. The summed E-state index contributed by atoms with van der Waals surface area (Å²) in [6.07, 6.45) is 4.89. The van der Waals surface area contributed by atoms with Gasteiger partial charge in [0, 0.05) is 28.8 Å². The van der Waals surface area contributed by atoms with Gasteiger partial charge in [-0.1, -0.05) is 82.5 Å². The fourth-order valence-electron chi connectivity index (χ4n) is 7.62. The first-order valence-electron chi connectivity index (χ1n) is 18.3. The van der Waals surface area contributed by atoms with Crippen LogP contribution in [0.3, 0.4) is 0 Å².